The lowest BCUT2D eigenvalue weighted by molar-refractivity contribution is 0.0932. The minimum Gasteiger partial charge on any atom is -0.348 e. The zero-order chi connectivity index (χ0) is 13.9. The van der Waals surface area contributed by atoms with Gasteiger partial charge >= 0.3 is 0 Å². The van der Waals surface area contributed by atoms with Crippen LogP contribution in [-0.4, -0.2) is 30.0 Å². The van der Waals surface area contributed by atoms with Crippen LogP contribution in [0.2, 0.25) is 0 Å². The molecule has 1 aromatic carbocycles. The first-order chi connectivity index (χ1) is 9.74. The molecule has 1 aliphatic rings. The van der Waals surface area contributed by atoms with Gasteiger partial charge in [0.2, 0.25) is 0 Å². The average Bonchev–Trinajstić information content (AvgIpc) is 2.47. The molecule has 0 spiro atoms. The lowest BCUT2D eigenvalue weighted by atomic mass is 10.1. The van der Waals surface area contributed by atoms with Crippen LogP contribution in [0.3, 0.4) is 0 Å². The van der Waals surface area contributed by atoms with Crippen molar-refractivity contribution in [3.05, 3.63) is 41.6 Å². The van der Waals surface area contributed by atoms with Gasteiger partial charge in [-0.3, -0.25) is 9.78 Å². The van der Waals surface area contributed by atoms with Crippen molar-refractivity contribution in [3.63, 3.8) is 0 Å². The van der Waals surface area contributed by atoms with Crippen molar-refractivity contribution >= 4 is 41.6 Å². The summed E-state index contributed by atoms with van der Waals surface area (Å²) in [6, 6.07) is 9.94. The van der Waals surface area contributed by atoms with Crippen molar-refractivity contribution in [2.24, 2.45) is 0 Å². The maximum Gasteiger partial charge on any atom is 0.253 e. The summed E-state index contributed by atoms with van der Waals surface area (Å²) in [5.74, 6) is -0.0256. The molecule has 22 heavy (non-hydrogen) atoms. The molecule has 6 heteroatoms. The largest absolute Gasteiger partial charge is 0.348 e. The molecule has 0 saturated carbocycles. The number of halogens is 2. The number of pyridine rings is 1. The van der Waals surface area contributed by atoms with Crippen molar-refractivity contribution in [1.29, 1.82) is 0 Å². The Kier molecular flexibility index (Phi) is 7.07. The second-order valence-electron chi connectivity index (χ2n) is 5.35. The molecule has 2 N–H and O–H groups in total. The molecule has 0 radical (unpaired) electrons. The van der Waals surface area contributed by atoms with E-state index in [1.807, 2.05) is 37.3 Å². The summed E-state index contributed by atoms with van der Waals surface area (Å²) in [6.07, 6.45) is 2.15. The predicted molar refractivity (Wildman–Crippen MR) is 94.3 cm³/mol. The number of piperidine rings is 1. The normalized spacial score (nSPS) is 17.2. The number of carbonyl (C=O) groups excluding carboxylic acids is 1. The van der Waals surface area contributed by atoms with E-state index in [-0.39, 0.29) is 36.8 Å². The standard InChI is InChI=1S/C16H19N3O.2ClH/c1-11-7-8-12-4-2-6-14(15(12)18-11)16(20)19-13-5-3-9-17-10-13;;/h2,4,6-8,13,17H,3,5,9-10H2,1H3,(H,19,20);2*1H. The van der Waals surface area contributed by atoms with Gasteiger partial charge in [-0.25, -0.2) is 0 Å². The monoisotopic (exact) mass is 341 g/mol. The number of para-hydroxylation sites is 1. The number of aromatic nitrogens is 1. The predicted octanol–water partition coefficient (Wildman–Crippen LogP) is 2.87. The van der Waals surface area contributed by atoms with Crippen LogP contribution < -0.4 is 10.6 Å². The van der Waals surface area contributed by atoms with E-state index in [0.29, 0.717) is 5.56 Å². The number of carbonyl (C=O) groups is 1. The molecule has 1 aromatic heterocycles. The van der Waals surface area contributed by atoms with E-state index in [1.54, 1.807) is 0 Å². The third-order valence-electron chi connectivity index (χ3n) is 3.74. The number of nitrogens with one attached hydrogen (secondary N) is 2. The minimum atomic E-state index is -0.0256. The fraction of sp³-hybridized carbons (Fsp3) is 0.375. The van der Waals surface area contributed by atoms with E-state index < -0.39 is 0 Å². The summed E-state index contributed by atoms with van der Waals surface area (Å²) in [6.45, 7) is 3.84. The molecule has 120 valence electrons. The number of nitrogens with zero attached hydrogens (tertiary/aromatic N) is 1. The molecule has 1 saturated heterocycles. The van der Waals surface area contributed by atoms with Gasteiger partial charge in [0.1, 0.15) is 0 Å². The number of amides is 1. The van der Waals surface area contributed by atoms with Crippen molar-refractivity contribution < 1.29 is 4.79 Å². The Labute approximate surface area is 142 Å². The Balaban J connectivity index is 0.00000121. The van der Waals surface area contributed by atoms with Crippen LogP contribution in [0.5, 0.6) is 0 Å². The first-order valence-electron chi connectivity index (χ1n) is 7.12. The number of hydrogen-bond acceptors (Lipinski definition) is 3. The summed E-state index contributed by atoms with van der Waals surface area (Å²) >= 11 is 0. The van der Waals surface area contributed by atoms with Crippen LogP contribution in [-0.2, 0) is 0 Å². The first-order valence-corrected chi connectivity index (χ1v) is 7.12. The Morgan fingerprint density at radius 2 is 2.09 bits per heavy atom. The fourth-order valence-corrected chi connectivity index (χ4v) is 2.67. The van der Waals surface area contributed by atoms with Crippen LogP contribution in [0.4, 0.5) is 0 Å². The Bertz CT molecular complexity index is 642. The van der Waals surface area contributed by atoms with E-state index in [1.165, 1.54) is 0 Å². The highest BCUT2D eigenvalue weighted by Gasteiger charge is 2.18. The number of rotatable bonds is 2. The first kappa shape index (κ1) is 18.7. The van der Waals surface area contributed by atoms with Crippen LogP contribution in [0.15, 0.2) is 30.3 Å². The highest BCUT2D eigenvalue weighted by atomic mass is 35.5. The molecule has 1 atom stereocenters. The van der Waals surface area contributed by atoms with Gasteiger partial charge in [-0.15, -0.1) is 24.8 Å². The van der Waals surface area contributed by atoms with Gasteiger partial charge in [-0.1, -0.05) is 18.2 Å². The zero-order valence-electron chi connectivity index (χ0n) is 12.5. The highest BCUT2D eigenvalue weighted by Crippen LogP contribution is 2.17. The van der Waals surface area contributed by atoms with Gasteiger partial charge in [0.15, 0.2) is 0 Å². The van der Waals surface area contributed by atoms with Gasteiger partial charge in [0.05, 0.1) is 11.1 Å². The smallest absolute Gasteiger partial charge is 0.253 e. The minimum absolute atomic E-state index is 0. The SMILES string of the molecule is Cc1ccc2cccc(C(=O)NC3CCCNC3)c2n1.Cl.Cl. The van der Waals surface area contributed by atoms with E-state index in [0.717, 1.165) is 42.5 Å². The summed E-state index contributed by atoms with van der Waals surface area (Å²) in [5, 5.41) is 7.42. The van der Waals surface area contributed by atoms with E-state index in [9.17, 15) is 4.79 Å². The molecule has 1 aliphatic heterocycles. The quantitative estimate of drug-likeness (QED) is 0.882. The highest BCUT2D eigenvalue weighted by molar-refractivity contribution is 6.05. The summed E-state index contributed by atoms with van der Waals surface area (Å²) in [7, 11) is 0. The topological polar surface area (TPSA) is 54.0 Å². The summed E-state index contributed by atoms with van der Waals surface area (Å²) in [4.78, 5) is 17.0. The average molecular weight is 342 g/mol. The molecule has 1 amide bonds. The second kappa shape index (κ2) is 8.32. The van der Waals surface area contributed by atoms with Crippen molar-refractivity contribution in [1.82, 2.24) is 15.6 Å². The lowest BCUT2D eigenvalue weighted by Gasteiger charge is -2.24. The van der Waals surface area contributed by atoms with Gasteiger partial charge in [-0.05, 0) is 38.4 Å². The van der Waals surface area contributed by atoms with Crippen LogP contribution >= 0.6 is 24.8 Å². The molecule has 2 aromatic rings. The van der Waals surface area contributed by atoms with E-state index >= 15 is 0 Å². The maximum absolute atomic E-state index is 12.5. The van der Waals surface area contributed by atoms with Gasteiger partial charge in [0, 0.05) is 23.7 Å². The van der Waals surface area contributed by atoms with Gasteiger partial charge < -0.3 is 10.6 Å². The molecular formula is C16H21Cl2N3O. The molecule has 0 aliphatic carbocycles. The molecule has 1 unspecified atom stereocenters. The fourth-order valence-electron chi connectivity index (χ4n) is 2.67. The van der Waals surface area contributed by atoms with Gasteiger partial charge in [0.25, 0.3) is 5.91 Å². The number of aryl methyl sites for hydroxylation is 1. The van der Waals surface area contributed by atoms with Crippen LogP contribution in [0, 0.1) is 6.92 Å². The van der Waals surface area contributed by atoms with E-state index in [2.05, 4.69) is 15.6 Å². The molecule has 0 bridgehead atoms. The Morgan fingerprint density at radius 1 is 1.27 bits per heavy atom. The van der Waals surface area contributed by atoms with Crippen molar-refractivity contribution in [2.45, 2.75) is 25.8 Å². The molecule has 1 fully saturated rings. The summed E-state index contributed by atoms with van der Waals surface area (Å²) < 4.78 is 0. The molecular weight excluding hydrogens is 321 g/mol. The summed E-state index contributed by atoms with van der Waals surface area (Å²) in [5.41, 5.74) is 2.38. The number of fused-ring (bicyclic) bond motifs is 1. The second-order valence-corrected chi connectivity index (χ2v) is 5.35. The van der Waals surface area contributed by atoms with E-state index in [4.69, 9.17) is 0 Å². The van der Waals surface area contributed by atoms with Crippen molar-refractivity contribution in [3.8, 4) is 0 Å². The third kappa shape index (κ3) is 4.09. The number of hydrogen-bond donors (Lipinski definition) is 2. The van der Waals surface area contributed by atoms with Crippen molar-refractivity contribution in [2.75, 3.05) is 13.1 Å². The maximum atomic E-state index is 12.5. The molecule has 2 heterocycles. The number of benzene rings is 1. The Hall–Kier alpha value is -1.36. The molecule has 3 rings (SSSR count). The Morgan fingerprint density at radius 3 is 2.82 bits per heavy atom. The van der Waals surface area contributed by atoms with Crippen LogP contribution in [0.1, 0.15) is 28.9 Å². The van der Waals surface area contributed by atoms with Gasteiger partial charge in [-0.2, -0.15) is 0 Å². The third-order valence-corrected chi connectivity index (χ3v) is 3.74. The zero-order valence-corrected chi connectivity index (χ0v) is 14.1. The lowest BCUT2D eigenvalue weighted by Crippen LogP contribution is -2.45. The molecule has 4 nitrogen and oxygen atoms in total. The van der Waals surface area contributed by atoms with Crippen LogP contribution in [0.25, 0.3) is 10.9 Å².